The standard InChI is InChI=1S/C26H58N2O/c1-7-9-11-13-15-17-19-23-27(3,4)24-21-22-26-29-28(5,6)25-20-18-16-14-12-10-8-2/h7-26H2,1-6H3/q+2. The van der Waals surface area contributed by atoms with Crippen molar-refractivity contribution in [1.82, 2.24) is 0 Å². The van der Waals surface area contributed by atoms with Gasteiger partial charge in [0.1, 0.15) is 13.2 Å². The van der Waals surface area contributed by atoms with Crippen LogP contribution in [0.15, 0.2) is 0 Å². The summed E-state index contributed by atoms with van der Waals surface area (Å²) in [5, 5.41) is 0. The number of quaternary nitrogens is 2. The maximum atomic E-state index is 6.17. The lowest BCUT2D eigenvalue weighted by atomic mass is 10.1. The predicted molar refractivity (Wildman–Crippen MR) is 130 cm³/mol. The van der Waals surface area contributed by atoms with Crippen molar-refractivity contribution in [2.75, 3.05) is 54.4 Å². The van der Waals surface area contributed by atoms with Gasteiger partial charge < -0.3 is 4.48 Å². The van der Waals surface area contributed by atoms with Crippen LogP contribution >= 0.6 is 0 Å². The molecule has 3 nitrogen and oxygen atoms in total. The Morgan fingerprint density at radius 1 is 0.448 bits per heavy atom. The van der Waals surface area contributed by atoms with Crippen molar-refractivity contribution in [1.29, 1.82) is 0 Å². The number of unbranched alkanes of at least 4 members (excludes halogenated alkanes) is 13. The van der Waals surface area contributed by atoms with E-state index in [1.54, 1.807) is 0 Å². The summed E-state index contributed by atoms with van der Waals surface area (Å²) in [6, 6.07) is 0. The third-order valence-electron chi connectivity index (χ3n) is 6.27. The molecule has 0 aromatic rings. The van der Waals surface area contributed by atoms with Crippen LogP contribution in [0.1, 0.15) is 117 Å². The number of hydroxylamine groups is 3. The summed E-state index contributed by atoms with van der Waals surface area (Å²) in [6.07, 6.45) is 22.0. The third kappa shape index (κ3) is 20.9. The van der Waals surface area contributed by atoms with E-state index in [2.05, 4.69) is 42.0 Å². The minimum Gasteiger partial charge on any atom is -0.328 e. The van der Waals surface area contributed by atoms with Gasteiger partial charge in [0, 0.05) is 0 Å². The highest BCUT2D eigenvalue weighted by molar-refractivity contribution is 4.47. The van der Waals surface area contributed by atoms with Crippen molar-refractivity contribution in [2.45, 2.75) is 117 Å². The van der Waals surface area contributed by atoms with Crippen LogP contribution in [0, 0.1) is 0 Å². The van der Waals surface area contributed by atoms with Crippen LogP contribution in [0.2, 0.25) is 0 Å². The van der Waals surface area contributed by atoms with Gasteiger partial charge in [-0.3, -0.25) is 0 Å². The average molecular weight is 415 g/mol. The molecule has 0 aromatic carbocycles. The van der Waals surface area contributed by atoms with Crippen LogP contribution in [0.25, 0.3) is 0 Å². The number of nitrogens with zero attached hydrogens (tertiary/aromatic N) is 2. The highest BCUT2D eigenvalue weighted by atomic mass is 16.7. The Morgan fingerprint density at radius 2 is 0.828 bits per heavy atom. The molecule has 0 fully saturated rings. The summed E-state index contributed by atoms with van der Waals surface area (Å²) in [6.45, 7) is 9.24. The van der Waals surface area contributed by atoms with Gasteiger partial charge in [-0.1, -0.05) is 78.1 Å². The molecule has 0 aliphatic carbocycles. The minimum atomic E-state index is 0.727. The van der Waals surface area contributed by atoms with Gasteiger partial charge in [-0.2, -0.15) is 4.65 Å². The first-order chi connectivity index (χ1) is 13.8. The monoisotopic (exact) mass is 414 g/mol. The average Bonchev–Trinajstić information content (AvgIpc) is 2.66. The predicted octanol–water partition coefficient (Wildman–Crippen LogP) is 7.35. The third-order valence-corrected chi connectivity index (χ3v) is 6.27. The second-order valence-electron chi connectivity index (χ2n) is 10.5. The molecule has 0 atom stereocenters. The second kappa shape index (κ2) is 18.6. The molecule has 0 spiro atoms. The van der Waals surface area contributed by atoms with Crippen LogP contribution in [0.3, 0.4) is 0 Å². The lowest BCUT2D eigenvalue weighted by Crippen LogP contribution is -2.42. The maximum absolute atomic E-state index is 6.17. The summed E-state index contributed by atoms with van der Waals surface area (Å²) >= 11 is 0. The number of rotatable bonds is 22. The van der Waals surface area contributed by atoms with Crippen molar-refractivity contribution in [2.24, 2.45) is 0 Å². The van der Waals surface area contributed by atoms with Crippen LogP contribution in [-0.2, 0) is 4.84 Å². The van der Waals surface area contributed by atoms with Gasteiger partial charge in [0.2, 0.25) is 0 Å². The molecule has 0 aliphatic rings. The minimum absolute atomic E-state index is 0.727. The quantitative estimate of drug-likeness (QED) is 0.102. The van der Waals surface area contributed by atoms with Gasteiger partial charge in [0.05, 0.1) is 41.3 Å². The van der Waals surface area contributed by atoms with E-state index in [0.717, 1.165) is 17.8 Å². The molecule has 0 aliphatic heterocycles. The highest BCUT2D eigenvalue weighted by Crippen LogP contribution is 2.12. The van der Waals surface area contributed by atoms with Gasteiger partial charge in [0.15, 0.2) is 0 Å². The van der Waals surface area contributed by atoms with Gasteiger partial charge in [0.25, 0.3) is 0 Å². The van der Waals surface area contributed by atoms with Crippen molar-refractivity contribution >= 4 is 0 Å². The number of hydrogen-bond acceptors (Lipinski definition) is 1. The normalized spacial score (nSPS) is 12.6. The van der Waals surface area contributed by atoms with E-state index in [1.807, 2.05) is 0 Å². The molecule has 0 saturated heterocycles. The SMILES string of the molecule is CCCCCCCCC[N+](C)(C)CCCCO[N+](C)(C)CCCCCCCCC. The lowest BCUT2D eigenvalue weighted by Gasteiger charge is -2.30. The lowest BCUT2D eigenvalue weighted by molar-refractivity contribution is -1.08. The van der Waals surface area contributed by atoms with E-state index >= 15 is 0 Å². The van der Waals surface area contributed by atoms with Gasteiger partial charge in [-0.05, 0) is 38.5 Å². The van der Waals surface area contributed by atoms with E-state index in [1.165, 1.54) is 120 Å². The van der Waals surface area contributed by atoms with E-state index in [0.29, 0.717) is 0 Å². The molecule has 0 bridgehead atoms. The number of hydrogen-bond donors (Lipinski definition) is 0. The molecule has 0 N–H and O–H groups in total. The zero-order valence-electron chi connectivity index (χ0n) is 21.4. The molecular weight excluding hydrogens is 356 g/mol. The fraction of sp³-hybridized carbons (Fsp3) is 1.00. The van der Waals surface area contributed by atoms with Crippen LogP contribution in [-0.4, -0.2) is 63.6 Å². The van der Waals surface area contributed by atoms with Gasteiger partial charge >= 0.3 is 0 Å². The molecule has 29 heavy (non-hydrogen) atoms. The zero-order valence-corrected chi connectivity index (χ0v) is 21.4. The molecule has 0 aromatic heterocycles. The first-order valence-electron chi connectivity index (χ1n) is 13.1. The summed E-state index contributed by atoms with van der Waals surface area (Å²) in [5.74, 6) is 0. The topological polar surface area (TPSA) is 9.23 Å². The summed E-state index contributed by atoms with van der Waals surface area (Å²) < 4.78 is 1.90. The second-order valence-corrected chi connectivity index (χ2v) is 10.5. The Morgan fingerprint density at radius 3 is 1.31 bits per heavy atom. The fourth-order valence-corrected chi connectivity index (χ4v) is 4.08. The Balaban J connectivity index is 3.60. The van der Waals surface area contributed by atoms with Crippen LogP contribution in [0.4, 0.5) is 0 Å². The van der Waals surface area contributed by atoms with Crippen molar-refractivity contribution in [3.8, 4) is 0 Å². The Kier molecular flexibility index (Phi) is 18.6. The van der Waals surface area contributed by atoms with E-state index in [-0.39, 0.29) is 0 Å². The van der Waals surface area contributed by atoms with E-state index < -0.39 is 0 Å². The molecule has 0 heterocycles. The fourth-order valence-electron chi connectivity index (χ4n) is 4.08. The van der Waals surface area contributed by atoms with Gasteiger partial charge in [-0.15, -0.1) is 0 Å². The molecule has 176 valence electrons. The van der Waals surface area contributed by atoms with Crippen LogP contribution < -0.4 is 0 Å². The Hall–Kier alpha value is -0.120. The molecular formula is C26H58N2O+2. The summed E-state index contributed by atoms with van der Waals surface area (Å²) in [5.41, 5.74) is 0. The zero-order chi connectivity index (χ0) is 21.8. The first kappa shape index (κ1) is 28.9. The highest BCUT2D eigenvalue weighted by Gasteiger charge is 2.17. The van der Waals surface area contributed by atoms with Crippen molar-refractivity contribution in [3.63, 3.8) is 0 Å². The molecule has 3 heteroatoms. The van der Waals surface area contributed by atoms with E-state index in [9.17, 15) is 0 Å². The van der Waals surface area contributed by atoms with E-state index in [4.69, 9.17) is 4.84 Å². The summed E-state index contributed by atoms with van der Waals surface area (Å²) in [7, 11) is 9.24. The summed E-state index contributed by atoms with van der Waals surface area (Å²) in [4.78, 5) is 6.17. The Bertz CT molecular complexity index is 310. The van der Waals surface area contributed by atoms with Crippen LogP contribution in [0.5, 0.6) is 0 Å². The molecule has 0 rings (SSSR count). The molecule has 0 unspecified atom stereocenters. The molecule has 0 amide bonds. The smallest absolute Gasteiger partial charge is 0.108 e. The van der Waals surface area contributed by atoms with Gasteiger partial charge in [-0.25, -0.2) is 4.84 Å². The Labute approximate surface area is 185 Å². The molecule has 0 radical (unpaired) electrons. The van der Waals surface area contributed by atoms with Crippen molar-refractivity contribution in [3.05, 3.63) is 0 Å². The van der Waals surface area contributed by atoms with Crippen molar-refractivity contribution < 1.29 is 14.0 Å². The molecule has 0 saturated carbocycles. The maximum Gasteiger partial charge on any atom is 0.108 e. The first-order valence-corrected chi connectivity index (χ1v) is 13.1. The largest absolute Gasteiger partial charge is 0.328 e.